The van der Waals surface area contributed by atoms with E-state index < -0.39 is 0 Å². The van der Waals surface area contributed by atoms with E-state index in [0.29, 0.717) is 11.6 Å². The number of nitrogens with zero attached hydrogens (tertiary/aromatic N) is 1. The Morgan fingerprint density at radius 2 is 2.31 bits per heavy atom. The number of aromatic nitrogens is 1. The Kier molecular flexibility index (Phi) is 6.76. The third-order valence-electron chi connectivity index (χ3n) is 1.99. The van der Waals surface area contributed by atoms with Gasteiger partial charge in [-0.2, -0.15) is 0 Å². The largest absolute Gasteiger partial charge is 0.380 e. The van der Waals surface area contributed by atoms with Crippen LogP contribution in [-0.4, -0.2) is 24.7 Å². The molecule has 0 aliphatic rings. The molecular formula is C11H16BrClN2O. The predicted molar refractivity (Wildman–Crippen MR) is 71.2 cm³/mol. The van der Waals surface area contributed by atoms with Crippen LogP contribution in [0.25, 0.3) is 0 Å². The van der Waals surface area contributed by atoms with Crippen LogP contribution in [0.15, 0.2) is 16.7 Å². The summed E-state index contributed by atoms with van der Waals surface area (Å²) in [6.07, 6.45) is 3.90. The Bertz CT molecular complexity index is 323. The van der Waals surface area contributed by atoms with Crippen LogP contribution in [0.5, 0.6) is 0 Å². The van der Waals surface area contributed by atoms with Gasteiger partial charge in [-0.15, -0.1) is 0 Å². The molecule has 0 aromatic carbocycles. The Balaban J connectivity index is 2.21. The van der Waals surface area contributed by atoms with Crippen molar-refractivity contribution in [2.45, 2.75) is 19.8 Å². The molecule has 5 heteroatoms. The van der Waals surface area contributed by atoms with Crippen molar-refractivity contribution in [3.63, 3.8) is 0 Å². The van der Waals surface area contributed by atoms with Crippen LogP contribution in [0.1, 0.15) is 19.8 Å². The second-order valence-electron chi connectivity index (χ2n) is 3.38. The quantitative estimate of drug-likeness (QED) is 0.780. The van der Waals surface area contributed by atoms with Crippen molar-refractivity contribution >= 4 is 33.3 Å². The van der Waals surface area contributed by atoms with Gasteiger partial charge in [-0.3, -0.25) is 0 Å². The Hall–Kier alpha value is -0.320. The molecule has 1 aromatic heterocycles. The van der Waals surface area contributed by atoms with Crippen molar-refractivity contribution in [3.05, 3.63) is 21.8 Å². The second-order valence-corrected chi connectivity index (χ2v) is 4.67. The predicted octanol–water partition coefficient (Wildman–Crippen LogP) is 3.73. The lowest BCUT2D eigenvalue weighted by molar-refractivity contribution is 0.141. The van der Waals surface area contributed by atoms with E-state index in [4.69, 9.17) is 16.3 Å². The average molecular weight is 308 g/mol. The third kappa shape index (κ3) is 5.14. The molecular weight excluding hydrogens is 291 g/mol. The number of unbranched alkanes of at least 4 members (excludes halogenated alkanes) is 1. The number of rotatable bonds is 7. The standard InChI is InChI=1S/C11H16BrClN2O/c1-2-3-5-16-6-4-14-11-10(12)7-9(13)8-15-11/h7-8H,2-6H2,1H3,(H,14,15). The lowest BCUT2D eigenvalue weighted by Gasteiger charge is -2.08. The lowest BCUT2D eigenvalue weighted by atomic mass is 10.4. The van der Waals surface area contributed by atoms with E-state index in [-0.39, 0.29) is 0 Å². The minimum Gasteiger partial charge on any atom is -0.380 e. The Labute approximate surface area is 110 Å². The first-order chi connectivity index (χ1) is 7.74. The molecule has 1 N–H and O–H groups in total. The number of pyridine rings is 1. The van der Waals surface area contributed by atoms with E-state index in [2.05, 4.69) is 33.2 Å². The summed E-state index contributed by atoms with van der Waals surface area (Å²) in [5.74, 6) is 0.795. The fourth-order valence-corrected chi connectivity index (χ4v) is 1.91. The highest BCUT2D eigenvalue weighted by atomic mass is 79.9. The van der Waals surface area contributed by atoms with Crippen LogP contribution in [-0.2, 0) is 4.74 Å². The first-order valence-electron chi connectivity index (χ1n) is 5.36. The van der Waals surface area contributed by atoms with E-state index in [9.17, 15) is 0 Å². The molecule has 0 atom stereocenters. The van der Waals surface area contributed by atoms with Crippen LogP contribution in [0.3, 0.4) is 0 Å². The van der Waals surface area contributed by atoms with Crippen molar-refractivity contribution < 1.29 is 4.74 Å². The maximum atomic E-state index is 5.79. The molecule has 0 spiro atoms. The molecule has 0 unspecified atom stereocenters. The zero-order chi connectivity index (χ0) is 11.8. The molecule has 0 aliphatic carbocycles. The highest BCUT2D eigenvalue weighted by molar-refractivity contribution is 9.10. The van der Waals surface area contributed by atoms with Gasteiger partial charge in [-0.1, -0.05) is 24.9 Å². The normalized spacial score (nSPS) is 10.4. The van der Waals surface area contributed by atoms with Crippen LogP contribution in [0.2, 0.25) is 5.02 Å². The Morgan fingerprint density at radius 1 is 1.50 bits per heavy atom. The molecule has 90 valence electrons. The van der Waals surface area contributed by atoms with Gasteiger partial charge in [0.05, 0.1) is 16.1 Å². The summed E-state index contributed by atoms with van der Waals surface area (Å²) in [7, 11) is 0. The molecule has 0 fully saturated rings. The number of nitrogens with one attached hydrogen (secondary N) is 1. The summed E-state index contributed by atoms with van der Waals surface area (Å²) in [5.41, 5.74) is 0. The van der Waals surface area contributed by atoms with Crippen molar-refractivity contribution in [1.29, 1.82) is 0 Å². The van der Waals surface area contributed by atoms with Crippen LogP contribution >= 0.6 is 27.5 Å². The minimum atomic E-state index is 0.622. The summed E-state index contributed by atoms with van der Waals surface area (Å²) in [6, 6.07) is 1.81. The fourth-order valence-electron chi connectivity index (χ4n) is 1.13. The first kappa shape index (κ1) is 13.7. The monoisotopic (exact) mass is 306 g/mol. The lowest BCUT2D eigenvalue weighted by Crippen LogP contribution is -2.11. The molecule has 3 nitrogen and oxygen atoms in total. The van der Waals surface area contributed by atoms with Gasteiger partial charge in [0.15, 0.2) is 0 Å². The van der Waals surface area contributed by atoms with Gasteiger partial charge in [0.2, 0.25) is 0 Å². The maximum Gasteiger partial charge on any atom is 0.140 e. The zero-order valence-electron chi connectivity index (χ0n) is 9.30. The summed E-state index contributed by atoms with van der Waals surface area (Å²) >= 11 is 9.18. The third-order valence-corrected chi connectivity index (χ3v) is 2.80. The van der Waals surface area contributed by atoms with E-state index in [1.807, 2.05) is 6.07 Å². The van der Waals surface area contributed by atoms with Gasteiger partial charge in [0, 0.05) is 19.3 Å². The van der Waals surface area contributed by atoms with E-state index in [1.54, 1.807) is 6.20 Å². The molecule has 1 heterocycles. The van der Waals surface area contributed by atoms with Gasteiger partial charge < -0.3 is 10.1 Å². The molecule has 0 bridgehead atoms. The van der Waals surface area contributed by atoms with Gasteiger partial charge >= 0.3 is 0 Å². The summed E-state index contributed by atoms with van der Waals surface area (Å²) < 4.78 is 6.30. The number of anilines is 1. The maximum absolute atomic E-state index is 5.79. The Morgan fingerprint density at radius 3 is 3.00 bits per heavy atom. The van der Waals surface area contributed by atoms with Crippen molar-refractivity contribution in [1.82, 2.24) is 4.98 Å². The zero-order valence-corrected chi connectivity index (χ0v) is 11.6. The first-order valence-corrected chi connectivity index (χ1v) is 6.53. The van der Waals surface area contributed by atoms with Crippen molar-refractivity contribution in [3.8, 4) is 0 Å². The van der Waals surface area contributed by atoms with Gasteiger partial charge in [0.1, 0.15) is 5.82 Å². The van der Waals surface area contributed by atoms with Gasteiger partial charge in [0.25, 0.3) is 0 Å². The number of ether oxygens (including phenoxy) is 1. The number of hydrogen-bond donors (Lipinski definition) is 1. The molecule has 1 rings (SSSR count). The molecule has 0 radical (unpaired) electrons. The SMILES string of the molecule is CCCCOCCNc1ncc(Cl)cc1Br. The highest BCUT2D eigenvalue weighted by Gasteiger charge is 2.00. The number of halogens is 2. The second kappa shape index (κ2) is 7.87. The van der Waals surface area contributed by atoms with Gasteiger partial charge in [-0.05, 0) is 28.4 Å². The highest BCUT2D eigenvalue weighted by Crippen LogP contribution is 2.22. The molecule has 0 aliphatic heterocycles. The molecule has 16 heavy (non-hydrogen) atoms. The van der Waals surface area contributed by atoms with Crippen molar-refractivity contribution in [2.75, 3.05) is 25.1 Å². The topological polar surface area (TPSA) is 34.1 Å². The average Bonchev–Trinajstić information content (AvgIpc) is 2.26. The van der Waals surface area contributed by atoms with E-state index in [0.717, 1.165) is 36.3 Å². The van der Waals surface area contributed by atoms with Gasteiger partial charge in [-0.25, -0.2) is 4.98 Å². The van der Waals surface area contributed by atoms with Crippen LogP contribution < -0.4 is 5.32 Å². The van der Waals surface area contributed by atoms with Crippen molar-refractivity contribution in [2.24, 2.45) is 0 Å². The molecule has 0 amide bonds. The summed E-state index contributed by atoms with van der Waals surface area (Å²) in [4.78, 5) is 4.17. The molecule has 1 aromatic rings. The fraction of sp³-hybridized carbons (Fsp3) is 0.545. The smallest absolute Gasteiger partial charge is 0.140 e. The molecule has 0 saturated heterocycles. The summed E-state index contributed by atoms with van der Waals surface area (Å²) in [5, 5.41) is 3.80. The summed E-state index contributed by atoms with van der Waals surface area (Å²) in [6.45, 7) is 4.41. The van der Waals surface area contributed by atoms with Crippen LogP contribution in [0.4, 0.5) is 5.82 Å². The van der Waals surface area contributed by atoms with E-state index in [1.165, 1.54) is 0 Å². The number of hydrogen-bond acceptors (Lipinski definition) is 3. The van der Waals surface area contributed by atoms with E-state index >= 15 is 0 Å². The minimum absolute atomic E-state index is 0.622. The van der Waals surface area contributed by atoms with Crippen LogP contribution in [0, 0.1) is 0 Å². The molecule has 0 saturated carbocycles.